The monoisotopic (exact) mass is 248 g/mol. The Morgan fingerprint density at radius 1 is 1.11 bits per heavy atom. The van der Waals surface area contributed by atoms with Crippen LogP contribution in [0.3, 0.4) is 0 Å². The molecule has 0 bridgehead atoms. The van der Waals surface area contributed by atoms with E-state index in [4.69, 9.17) is 9.47 Å². The fraction of sp³-hybridized carbons (Fsp3) is 0.500. The Hall–Kier alpha value is -1.12. The average molecular weight is 248 g/mol. The SMILES string of the molecule is C=CC(OCCCOCCCC)c1ccccc1. The van der Waals surface area contributed by atoms with Crippen LogP contribution in [-0.4, -0.2) is 19.8 Å². The molecule has 0 aliphatic heterocycles. The molecule has 0 spiro atoms. The third-order valence-electron chi connectivity index (χ3n) is 2.71. The molecule has 0 aromatic heterocycles. The van der Waals surface area contributed by atoms with Gasteiger partial charge in [-0.2, -0.15) is 0 Å². The quantitative estimate of drug-likeness (QED) is 0.458. The number of ether oxygens (including phenoxy) is 2. The van der Waals surface area contributed by atoms with E-state index in [1.54, 1.807) is 0 Å². The minimum absolute atomic E-state index is 0.0122. The van der Waals surface area contributed by atoms with Gasteiger partial charge in [0.2, 0.25) is 0 Å². The van der Waals surface area contributed by atoms with Gasteiger partial charge in [0, 0.05) is 13.2 Å². The molecule has 0 saturated heterocycles. The standard InChI is InChI=1S/C16H24O2/c1-3-5-12-17-13-9-14-18-16(4-2)15-10-7-6-8-11-15/h4,6-8,10-11,16H,2-3,5,9,12-14H2,1H3. The molecule has 0 radical (unpaired) electrons. The summed E-state index contributed by atoms with van der Waals surface area (Å²) in [4.78, 5) is 0. The summed E-state index contributed by atoms with van der Waals surface area (Å²) in [6.07, 6.45) is 5.08. The Labute approximate surface area is 111 Å². The fourth-order valence-electron chi connectivity index (χ4n) is 1.66. The first kappa shape index (κ1) is 14.9. The van der Waals surface area contributed by atoms with Gasteiger partial charge in [0.05, 0.1) is 6.61 Å². The van der Waals surface area contributed by atoms with Crippen LogP contribution in [0.2, 0.25) is 0 Å². The lowest BCUT2D eigenvalue weighted by Gasteiger charge is -2.14. The molecule has 0 aliphatic rings. The van der Waals surface area contributed by atoms with Crippen LogP contribution in [0.4, 0.5) is 0 Å². The van der Waals surface area contributed by atoms with E-state index >= 15 is 0 Å². The van der Waals surface area contributed by atoms with Gasteiger partial charge in [0.25, 0.3) is 0 Å². The molecule has 1 atom stereocenters. The summed E-state index contributed by atoms with van der Waals surface area (Å²) < 4.78 is 11.3. The average Bonchev–Trinajstić information content (AvgIpc) is 2.43. The van der Waals surface area contributed by atoms with Crippen molar-refractivity contribution >= 4 is 0 Å². The first-order chi connectivity index (χ1) is 8.88. The molecule has 100 valence electrons. The van der Waals surface area contributed by atoms with E-state index in [0.29, 0.717) is 6.61 Å². The molecule has 0 saturated carbocycles. The second-order valence-corrected chi connectivity index (χ2v) is 4.26. The van der Waals surface area contributed by atoms with Crippen molar-refractivity contribution in [3.05, 3.63) is 48.6 Å². The second-order valence-electron chi connectivity index (χ2n) is 4.26. The molecular formula is C16H24O2. The lowest BCUT2D eigenvalue weighted by atomic mass is 10.1. The van der Waals surface area contributed by atoms with Gasteiger partial charge in [-0.3, -0.25) is 0 Å². The lowest BCUT2D eigenvalue weighted by Crippen LogP contribution is -2.06. The molecule has 2 heteroatoms. The van der Waals surface area contributed by atoms with Crippen LogP contribution in [0.25, 0.3) is 0 Å². The summed E-state index contributed by atoms with van der Waals surface area (Å²) in [6, 6.07) is 10.2. The van der Waals surface area contributed by atoms with E-state index < -0.39 is 0 Å². The van der Waals surface area contributed by atoms with Gasteiger partial charge in [-0.25, -0.2) is 0 Å². The molecule has 1 aromatic rings. The normalized spacial score (nSPS) is 12.3. The molecule has 1 aromatic carbocycles. The first-order valence-corrected chi connectivity index (χ1v) is 6.75. The van der Waals surface area contributed by atoms with Crippen molar-refractivity contribution in [1.82, 2.24) is 0 Å². The van der Waals surface area contributed by atoms with Crippen molar-refractivity contribution in [3.63, 3.8) is 0 Å². The van der Waals surface area contributed by atoms with Gasteiger partial charge in [0.1, 0.15) is 6.10 Å². The third kappa shape index (κ3) is 5.99. The van der Waals surface area contributed by atoms with Crippen LogP contribution >= 0.6 is 0 Å². The Morgan fingerprint density at radius 2 is 1.83 bits per heavy atom. The molecule has 0 amide bonds. The number of hydrogen-bond donors (Lipinski definition) is 0. The maximum absolute atomic E-state index is 5.79. The van der Waals surface area contributed by atoms with Crippen LogP contribution in [0.5, 0.6) is 0 Å². The van der Waals surface area contributed by atoms with Gasteiger partial charge in [0.15, 0.2) is 0 Å². The van der Waals surface area contributed by atoms with Crippen molar-refractivity contribution in [3.8, 4) is 0 Å². The number of benzene rings is 1. The van der Waals surface area contributed by atoms with Crippen molar-refractivity contribution < 1.29 is 9.47 Å². The summed E-state index contributed by atoms with van der Waals surface area (Å²) in [5.74, 6) is 0. The highest BCUT2D eigenvalue weighted by atomic mass is 16.5. The Kier molecular flexibility index (Phi) is 8.19. The van der Waals surface area contributed by atoms with Crippen molar-refractivity contribution in [2.24, 2.45) is 0 Å². The van der Waals surface area contributed by atoms with E-state index in [1.807, 2.05) is 24.3 Å². The molecule has 1 unspecified atom stereocenters. The van der Waals surface area contributed by atoms with Gasteiger partial charge in [-0.1, -0.05) is 49.8 Å². The molecule has 0 N–H and O–H groups in total. The van der Waals surface area contributed by atoms with Crippen molar-refractivity contribution in [1.29, 1.82) is 0 Å². The van der Waals surface area contributed by atoms with E-state index in [9.17, 15) is 0 Å². The first-order valence-electron chi connectivity index (χ1n) is 6.75. The summed E-state index contributed by atoms with van der Waals surface area (Å²) in [7, 11) is 0. The van der Waals surface area contributed by atoms with Crippen LogP contribution in [0, 0.1) is 0 Å². The van der Waals surface area contributed by atoms with Crippen molar-refractivity contribution in [2.45, 2.75) is 32.3 Å². The zero-order valence-electron chi connectivity index (χ0n) is 11.3. The number of unbranched alkanes of at least 4 members (excludes halogenated alkanes) is 1. The van der Waals surface area contributed by atoms with Crippen LogP contribution in [-0.2, 0) is 9.47 Å². The fourth-order valence-corrected chi connectivity index (χ4v) is 1.66. The van der Waals surface area contributed by atoms with Gasteiger partial charge in [-0.05, 0) is 18.4 Å². The van der Waals surface area contributed by atoms with Gasteiger partial charge < -0.3 is 9.47 Å². The highest BCUT2D eigenvalue weighted by Gasteiger charge is 2.06. The predicted molar refractivity (Wildman–Crippen MR) is 75.7 cm³/mol. The zero-order valence-corrected chi connectivity index (χ0v) is 11.3. The summed E-state index contributed by atoms with van der Waals surface area (Å²) in [6.45, 7) is 8.33. The second kappa shape index (κ2) is 9.86. The molecule has 0 heterocycles. The van der Waals surface area contributed by atoms with Gasteiger partial charge >= 0.3 is 0 Å². The minimum atomic E-state index is -0.0122. The molecule has 0 fully saturated rings. The Morgan fingerprint density at radius 3 is 2.50 bits per heavy atom. The van der Waals surface area contributed by atoms with Crippen LogP contribution in [0.1, 0.15) is 37.9 Å². The molecule has 2 nitrogen and oxygen atoms in total. The molecule has 0 aliphatic carbocycles. The predicted octanol–water partition coefficient (Wildman–Crippen LogP) is 4.14. The summed E-state index contributed by atoms with van der Waals surface area (Å²) >= 11 is 0. The van der Waals surface area contributed by atoms with E-state index in [0.717, 1.165) is 31.6 Å². The third-order valence-corrected chi connectivity index (χ3v) is 2.71. The van der Waals surface area contributed by atoms with E-state index in [1.165, 1.54) is 6.42 Å². The molecule has 1 rings (SSSR count). The smallest absolute Gasteiger partial charge is 0.100 e. The number of hydrogen-bond acceptors (Lipinski definition) is 2. The largest absolute Gasteiger partial charge is 0.381 e. The van der Waals surface area contributed by atoms with Crippen LogP contribution in [0.15, 0.2) is 43.0 Å². The highest BCUT2D eigenvalue weighted by molar-refractivity contribution is 5.20. The van der Waals surface area contributed by atoms with Crippen LogP contribution < -0.4 is 0 Å². The maximum Gasteiger partial charge on any atom is 0.100 e. The molecular weight excluding hydrogens is 224 g/mol. The highest BCUT2D eigenvalue weighted by Crippen LogP contribution is 2.17. The summed E-state index contributed by atoms with van der Waals surface area (Å²) in [5, 5.41) is 0. The maximum atomic E-state index is 5.79. The summed E-state index contributed by atoms with van der Waals surface area (Å²) in [5.41, 5.74) is 1.15. The van der Waals surface area contributed by atoms with Gasteiger partial charge in [-0.15, -0.1) is 6.58 Å². The lowest BCUT2D eigenvalue weighted by molar-refractivity contribution is 0.0549. The molecule has 18 heavy (non-hydrogen) atoms. The zero-order chi connectivity index (χ0) is 13.1. The van der Waals surface area contributed by atoms with E-state index in [-0.39, 0.29) is 6.10 Å². The topological polar surface area (TPSA) is 18.5 Å². The van der Waals surface area contributed by atoms with E-state index in [2.05, 4.69) is 25.6 Å². The minimum Gasteiger partial charge on any atom is -0.381 e. The Balaban J connectivity index is 2.15. The number of rotatable bonds is 10. The Bertz CT molecular complexity index is 308. The van der Waals surface area contributed by atoms with Crippen molar-refractivity contribution in [2.75, 3.05) is 19.8 Å².